The van der Waals surface area contributed by atoms with Gasteiger partial charge in [0.25, 0.3) is 5.91 Å². The van der Waals surface area contributed by atoms with Crippen molar-refractivity contribution in [3.05, 3.63) is 126 Å². The van der Waals surface area contributed by atoms with Crippen LogP contribution in [0.2, 0.25) is 5.02 Å². The number of amides is 1. The summed E-state index contributed by atoms with van der Waals surface area (Å²) in [7, 11) is 0. The molecule has 38 heavy (non-hydrogen) atoms. The van der Waals surface area contributed by atoms with E-state index in [0.29, 0.717) is 18.7 Å². The average molecular weight is 519 g/mol. The summed E-state index contributed by atoms with van der Waals surface area (Å²) < 4.78 is 1.95. The molecule has 1 amide bonds. The number of anilines is 1. The number of benzene rings is 4. The fourth-order valence-electron chi connectivity index (χ4n) is 4.91. The maximum atomic E-state index is 13.3. The van der Waals surface area contributed by atoms with Crippen molar-refractivity contribution in [1.29, 1.82) is 0 Å². The molecule has 1 saturated heterocycles. The van der Waals surface area contributed by atoms with E-state index in [1.165, 1.54) is 0 Å². The van der Waals surface area contributed by atoms with Crippen LogP contribution in [0, 0.1) is 0 Å². The molecule has 1 aromatic heterocycles. The molecular weight excluding hydrogens is 492 g/mol. The van der Waals surface area contributed by atoms with Crippen molar-refractivity contribution in [1.82, 2.24) is 14.7 Å². The standard InChI is InChI=1S/C32H27ClN4O/c33-27-12-7-13-29(22-27)35-18-20-36(21-19-35)32(38)26-14-16-28(17-15-26)37-31(25-10-5-2-6-11-25)23-30(34-37)24-8-3-1-4-9-24/h1-17,22-23H,18-21H2. The third-order valence-electron chi connectivity index (χ3n) is 6.95. The molecule has 188 valence electrons. The predicted octanol–water partition coefficient (Wildman–Crippen LogP) is 6.82. The minimum absolute atomic E-state index is 0.0519. The highest BCUT2D eigenvalue weighted by Gasteiger charge is 2.23. The van der Waals surface area contributed by atoms with Gasteiger partial charge in [0.2, 0.25) is 0 Å². The van der Waals surface area contributed by atoms with Crippen molar-refractivity contribution in [3.63, 3.8) is 0 Å². The van der Waals surface area contributed by atoms with E-state index in [1.54, 1.807) is 0 Å². The van der Waals surface area contributed by atoms with Gasteiger partial charge in [-0.3, -0.25) is 4.79 Å². The second kappa shape index (κ2) is 10.6. The molecular formula is C32H27ClN4O. The Morgan fingerprint density at radius 2 is 1.32 bits per heavy atom. The van der Waals surface area contributed by atoms with Crippen LogP contribution in [0.3, 0.4) is 0 Å². The molecule has 0 radical (unpaired) electrons. The van der Waals surface area contributed by atoms with E-state index in [9.17, 15) is 4.79 Å². The molecule has 1 aliphatic heterocycles. The number of rotatable bonds is 5. The molecule has 6 rings (SSSR count). The van der Waals surface area contributed by atoms with Crippen molar-refractivity contribution in [3.8, 4) is 28.2 Å². The Morgan fingerprint density at radius 1 is 0.658 bits per heavy atom. The zero-order valence-corrected chi connectivity index (χ0v) is 21.6. The molecule has 0 N–H and O–H groups in total. The van der Waals surface area contributed by atoms with Crippen LogP contribution in [0.5, 0.6) is 0 Å². The lowest BCUT2D eigenvalue weighted by atomic mass is 10.1. The fraction of sp³-hybridized carbons (Fsp3) is 0.125. The van der Waals surface area contributed by atoms with Gasteiger partial charge in [0, 0.05) is 53.6 Å². The van der Waals surface area contributed by atoms with Crippen LogP contribution in [0.4, 0.5) is 5.69 Å². The molecule has 0 bridgehead atoms. The Morgan fingerprint density at radius 3 is 1.97 bits per heavy atom. The first-order chi connectivity index (χ1) is 18.7. The molecule has 0 aliphatic carbocycles. The van der Waals surface area contributed by atoms with Crippen LogP contribution < -0.4 is 4.90 Å². The molecule has 0 spiro atoms. The van der Waals surface area contributed by atoms with Crippen molar-refractivity contribution < 1.29 is 4.79 Å². The second-order valence-corrected chi connectivity index (χ2v) is 9.80. The number of nitrogens with zero attached hydrogens (tertiary/aromatic N) is 4. The quantitative estimate of drug-likeness (QED) is 0.256. The van der Waals surface area contributed by atoms with Gasteiger partial charge in [0.15, 0.2) is 0 Å². The average Bonchev–Trinajstić information content (AvgIpc) is 3.44. The lowest BCUT2D eigenvalue weighted by Gasteiger charge is -2.36. The van der Waals surface area contributed by atoms with Gasteiger partial charge in [0.05, 0.1) is 17.1 Å². The van der Waals surface area contributed by atoms with Crippen molar-refractivity contribution in [2.45, 2.75) is 0 Å². The van der Waals surface area contributed by atoms with Crippen LogP contribution in [0.25, 0.3) is 28.2 Å². The Kier molecular flexibility index (Phi) is 6.67. The van der Waals surface area contributed by atoms with Gasteiger partial charge in [-0.15, -0.1) is 0 Å². The number of hydrogen-bond acceptors (Lipinski definition) is 3. The topological polar surface area (TPSA) is 41.4 Å². The van der Waals surface area contributed by atoms with Gasteiger partial charge in [-0.1, -0.05) is 78.3 Å². The Labute approximate surface area is 227 Å². The van der Waals surface area contributed by atoms with Crippen molar-refractivity contribution in [2.75, 3.05) is 31.1 Å². The summed E-state index contributed by atoms with van der Waals surface area (Å²) in [6.45, 7) is 2.90. The third kappa shape index (κ3) is 4.93. The number of carbonyl (C=O) groups is 1. The van der Waals surface area contributed by atoms with E-state index in [4.69, 9.17) is 16.7 Å². The van der Waals surface area contributed by atoms with E-state index < -0.39 is 0 Å². The zero-order chi connectivity index (χ0) is 25.9. The van der Waals surface area contributed by atoms with Gasteiger partial charge >= 0.3 is 0 Å². The minimum atomic E-state index is 0.0519. The molecule has 2 heterocycles. The Hall–Kier alpha value is -4.35. The lowest BCUT2D eigenvalue weighted by Crippen LogP contribution is -2.48. The summed E-state index contributed by atoms with van der Waals surface area (Å²) in [5.41, 5.74) is 6.74. The molecule has 0 unspecified atom stereocenters. The molecule has 1 fully saturated rings. The number of carbonyl (C=O) groups excluding carboxylic acids is 1. The molecule has 4 aromatic carbocycles. The van der Waals surface area contributed by atoms with Crippen LogP contribution >= 0.6 is 11.6 Å². The molecule has 1 aliphatic rings. The highest BCUT2D eigenvalue weighted by atomic mass is 35.5. The molecule has 0 saturated carbocycles. The van der Waals surface area contributed by atoms with Crippen LogP contribution in [-0.2, 0) is 0 Å². The lowest BCUT2D eigenvalue weighted by molar-refractivity contribution is 0.0747. The molecule has 6 heteroatoms. The summed E-state index contributed by atoms with van der Waals surface area (Å²) in [5, 5.41) is 5.67. The van der Waals surface area contributed by atoms with E-state index >= 15 is 0 Å². The van der Waals surface area contributed by atoms with Crippen LogP contribution in [0.1, 0.15) is 10.4 Å². The maximum absolute atomic E-state index is 13.3. The Balaban J connectivity index is 1.22. The highest BCUT2D eigenvalue weighted by Crippen LogP contribution is 2.29. The molecule has 0 atom stereocenters. The summed E-state index contributed by atoms with van der Waals surface area (Å²) in [6.07, 6.45) is 0. The van der Waals surface area contributed by atoms with E-state index in [0.717, 1.165) is 52.0 Å². The van der Waals surface area contributed by atoms with E-state index in [-0.39, 0.29) is 5.91 Å². The Bertz CT molecular complexity index is 1540. The fourth-order valence-corrected chi connectivity index (χ4v) is 5.10. The summed E-state index contributed by atoms with van der Waals surface area (Å²) >= 11 is 6.16. The summed E-state index contributed by atoms with van der Waals surface area (Å²) in [5.74, 6) is 0.0519. The van der Waals surface area contributed by atoms with E-state index in [1.807, 2.05) is 88.4 Å². The number of piperazine rings is 1. The first kappa shape index (κ1) is 24.0. The predicted molar refractivity (Wildman–Crippen MR) is 154 cm³/mol. The molecule has 5 aromatic rings. The first-order valence-electron chi connectivity index (χ1n) is 12.8. The number of aromatic nitrogens is 2. The summed E-state index contributed by atoms with van der Waals surface area (Å²) in [6, 6.07) is 38.2. The minimum Gasteiger partial charge on any atom is -0.368 e. The normalized spacial score (nSPS) is 13.5. The smallest absolute Gasteiger partial charge is 0.253 e. The van der Waals surface area contributed by atoms with Crippen LogP contribution in [-0.4, -0.2) is 46.8 Å². The van der Waals surface area contributed by atoms with Gasteiger partial charge in [0.1, 0.15) is 0 Å². The first-order valence-corrected chi connectivity index (χ1v) is 13.1. The number of hydrogen-bond donors (Lipinski definition) is 0. The highest BCUT2D eigenvalue weighted by molar-refractivity contribution is 6.30. The second-order valence-electron chi connectivity index (χ2n) is 9.36. The monoisotopic (exact) mass is 518 g/mol. The van der Waals surface area contributed by atoms with Gasteiger partial charge in [-0.25, -0.2) is 4.68 Å². The van der Waals surface area contributed by atoms with Gasteiger partial charge in [-0.05, 0) is 48.5 Å². The molecule has 5 nitrogen and oxygen atoms in total. The largest absolute Gasteiger partial charge is 0.368 e. The van der Waals surface area contributed by atoms with Crippen LogP contribution in [0.15, 0.2) is 115 Å². The number of halogens is 1. The maximum Gasteiger partial charge on any atom is 0.253 e. The van der Waals surface area contributed by atoms with E-state index in [2.05, 4.69) is 41.3 Å². The summed E-state index contributed by atoms with van der Waals surface area (Å²) in [4.78, 5) is 17.5. The SMILES string of the molecule is O=C(c1ccc(-n2nc(-c3ccccc3)cc2-c2ccccc2)cc1)N1CCN(c2cccc(Cl)c2)CC1. The van der Waals surface area contributed by atoms with Crippen molar-refractivity contribution in [2.24, 2.45) is 0 Å². The van der Waals surface area contributed by atoms with Crippen molar-refractivity contribution >= 4 is 23.2 Å². The zero-order valence-electron chi connectivity index (χ0n) is 20.9. The third-order valence-corrected chi connectivity index (χ3v) is 7.18. The van der Waals surface area contributed by atoms with Gasteiger partial charge in [-0.2, -0.15) is 5.10 Å². The van der Waals surface area contributed by atoms with Gasteiger partial charge < -0.3 is 9.80 Å².